The van der Waals surface area contributed by atoms with Gasteiger partial charge in [-0.3, -0.25) is 4.90 Å². The lowest BCUT2D eigenvalue weighted by Gasteiger charge is -2.30. The maximum absolute atomic E-state index is 6.00. The van der Waals surface area contributed by atoms with Gasteiger partial charge in [0.05, 0.1) is 25.4 Å². The standard InChI is InChI=1S/C11H24N2O2/c1-11(2,3)15-9-10(12)8-13-4-6-14-7-5-13/h10H,4-9,12H2,1-3H3/t10-/m1/s1. The average molecular weight is 216 g/mol. The summed E-state index contributed by atoms with van der Waals surface area (Å²) in [6, 6.07) is 0.0994. The zero-order valence-electron chi connectivity index (χ0n) is 10.2. The minimum absolute atomic E-state index is 0.0946. The molecule has 1 fully saturated rings. The molecule has 1 heterocycles. The Morgan fingerprint density at radius 3 is 2.47 bits per heavy atom. The number of morpholine rings is 1. The van der Waals surface area contributed by atoms with Crippen LogP contribution in [0.1, 0.15) is 20.8 Å². The van der Waals surface area contributed by atoms with Crippen LogP contribution in [0.4, 0.5) is 0 Å². The summed E-state index contributed by atoms with van der Waals surface area (Å²) in [6.07, 6.45) is 0. The molecular weight excluding hydrogens is 192 g/mol. The Kier molecular flexibility index (Phi) is 4.99. The van der Waals surface area contributed by atoms with Gasteiger partial charge in [-0.05, 0) is 20.8 Å². The highest BCUT2D eigenvalue weighted by Gasteiger charge is 2.16. The van der Waals surface area contributed by atoms with Crippen molar-refractivity contribution in [2.75, 3.05) is 39.5 Å². The molecule has 1 aliphatic rings. The van der Waals surface area contributed by atoms with Crippen molar-refractivity contribution in [3.63, 3.8) is 0 Å². The zero-order chi connectivity index (χ0) is 11.3. The van der Waals surface area contributed by atoms with Gasteiger partial charge in [-0.1, -0.05) is 0 Å². The van der Waals surface area contributed by atoms with Gasteiger partial charge in [0.15, 0.2) is 0 Å². The Bertz CT molecular complexity index is 174. The quantitative estimate of drug-likeness (QED) is 0.742. The first-order chi connectivity index (χ1) is 6.97. The normalized spacial score (nSPS) is 21.6. The number of ether oxygens (including phenoxy) is 2. The summed E-state index contributed by atoms with van der Waals surface area (Å²) in [5, 5.41) is 0. The molecule has 0 spiro atoms. The number of hydrogen-bond donors (Lipinski definition) is 1. The maximum Gasteiger partial charge on any atom is 0.0637 e. The zero-order valence-corrected chi connectivity index (χ0v) is 10.2. The van der Waals surface area contributed by atoms with E-state index in [2.05, 4.69) is 25.7 Å². The Labute approximate surface area is 92.7 Å². The molecule has 4 heteroatoms. The average Bonchev–Trinajstić information content (AvgIpc) is 2.15. The van der Waals surface area contributed by atoms with Gasteiger partial charge in [0, 0.05) is 25.7 Å². The highest BCUT2D eigenvalue weighted by Crippen LogP contribution is 2.07. The first-order valence-corrected chi connectivity index (χ1v) is 5.67. The van der Waals surface area contributed by atoms with Crippen LogP contribution < -0.4 is 5.73 Å². The highest BCUT2D eigenvalue weighted by atomic mass is 16.5. The second kappa shape index (κ2) is 5.80. The van der Waals surface area contributed by atoms with Crippen LogP contribution in [-0.4, -0.2) is 56.0 Å². The van der Waals surface area contributed by atoms with Crippen molar-refractivity contribution >= 4 is 0 Å². The third kappa shape index (κ3) is 6.10. The second-order valence-electron chi connectivity index (χ2n) is 5.10. The predicted molar refractivity (Wildman–Crippen MR) is 60.9 cm³/mol. The topological polar surface area (TPSA) is 47.7 Å². The van der Waals surface area contributed by atoms with Gasteiger partial charge in [0.25, 0.3) is 0 Å². The Morgan fingerprint density at radius 2 is 1.93 bits per heavy atom. The van der Waals surface area contributed by atoms with E-state index in [0.29, 0.717) is 6.61 Å². The van der Waals surface area contributed by atoms with E-state index in [1.165, 1.54) is 0 Å². The lowest BCUT2D eigenvalue weighted by molar-refractivity contribution is -0.0202. The summed E-state index contributed by atoms with van der Waals surface area (Å²) in [5.41, 5.74) is 5.91. The van der Waals surface area contributed by atoms with Gasteiger partial charge in [-0.15, -0.1) is 0 Å². The summed E-state index contributed by atoms with van der Waals surface area (Å²) in [7, 11) is 0. The predicted octanol–water partition coefficient (Wildman–Crippen LogP) is 0.461. The van der Waals surface area contributed by atoms with Crippen LogP contribution in [0.15, 0.2) is 0 Å². The van der Waals surface area contributed by atoms with Gasteiger partial charge < -0.3 is 15.2 Å². The molecule has 0 aromatic heterocycles. The van der Waals surface area contributed by atoms with Crippen LogP contribution in [0, 0.1) is 0 Å². The Hall–Kier alpha value is -0.160. The van der Waals surface area contributed by atoms with E-state index in [0.717, 1.165) is 32.8 Å². The van der Waals surface area contributed by atoms with Crippen molar-refractivity contribution in [3.8, 4) is 0 Å². The van der Waals surface area contributed by atoms with Gasteiger partial charge in [0.1, 0.15) is 0 Å². The molecule has 90 valence electrons. The molecular formula is C11H24N2O2. The summed E-state index contributed by atoms with van der Waals surface area (Å²) in [5.74, 6) is 0. The lowest BCUT2D eigenvalue weighted by atomic mass is 10.2. The fourth-order valence-electron chi connectivity index (χ4n) is 1.53. The van der Waals surface area contributed by atoms with Crippen LogP contribution >= 0.6 is 0 Å². The molecule has 15 heavy (non-hydrogen) atoms. The summed E-state index contributed by atoms with van der Waals surface area (Å²) < 4.78 is 10.9. The van der Waals surface area contributed by atoms with Crippen molar-refractivity contribution in [1.29, 1.82) is 0 Å². The SMILES string of the molecule is CC(C)(C)OC[C@H](N)CN1CCOCC1. The molecule has 0 aliphatic carbocycles. The minimum Gasteiger partial charge on any atom is -0.379 e. The van der Waals surface area contributed by atoms with E-state index in [1.54, 1.807) is 0 Å². The molecule has 0 bridgehead atoms. The van der Waals surface area contributed by atoms with Gasteiger partial charge in [-0.25, -0.2) is 0 Å². The smallest absolute Gasteiger partial charge is 0.0637 e. The molecule has 1 aliphatic heterocycles. The third-order valence-electron chi connectivity index (χ3n) is 2.33. The van der Waals surface area contributed by atoms with E-state index in [4.69, 9.17) is 15.2 Å². The fourth-order valence-corrected chi connectivity index (χ4v) is 1.53. The fraction of sp³-hybridized carbons (Fsp3) is 1.00. The van der Waals surface area contributed by atoms with Crippen LogP contribution in [0.25, 0.3) is 0 Å². The van der Waals surface area contributed by atoms with Crippen molar-refractivity contribution in [1.82, 2.24) is 4.90 Å². The molecule has 1 atom stereocenters. The van der Waals surface area contributed by atoms with Gasteiger partial charge >= 0.3 is 0 Å². The number of nitrogens with zero attached hydrogens (tertiary/aromatic N) is 1. The molecule has 0 amide bonds. The highest BCUT2D eigenvalue weighted by molar-refractivity contribution is 4.71. The van der Waals surface area contributed by atoms with Crippen LogP contribution in [0.2, 0.25) is 0 Å². The molecule has 0 saturated carbocycles. The van der Waals surface area contributed by atoms with Gasteiger partial charge in [0.2, 0.25) is 0 Å². The number of hydrogen-bond acceptors (Lipinski definition) is 4. The van der Waals surface area contributed by atoms with Crippen LogP contribution in [0.3, 0.4) is 0 Å². The van der Waals surface area contributed by atoms with Crippen molar-refractivity contribution in [2.24, 2.45) is 5.73 Å². The molecule has 0 aromatic carbocycles. The molecule has 0 unspecified atom stereocenters. The number of rotatable bonds is 4. The molecule has 2 N–H and O–H groups in total. The first-order valence-electron chi connectivity index (χ1n) is 5.67. The Balaban J connectivity index is 2.14. The van der Waals surface area contributed by atoms with E-state index < -0.39 is 0 Å². The molecule has 0 radical (unpaired) electrons. The van der Waals surface area contributed by atoms with Gasteiger partial charge in [-0.2, -0.15) is 0 Å². The largest absolute Gasteiger partial charge is 0.379 e. The van der Waals surface area contributed by atoms with Crippen LogP contribution in [0.5, 0.6) is 0 Å². The monoisotopic (exact) mass is 216 g/mol. The summed E-state index contributed by atoms with van der Waals surface area (Å²) in [6.45, 7) is 11.3. The first kappa shape index (κ1) is 12.9. The third-order valence-corrected chi connectivity index (χ3v) is 2.33. The van der Waals surface area contributed by atoms with Crippen molar-refractivity contribution in [3.05, 3.63) is 0 Å². The maximum atomic E-state index is 6.00. The van der Waals surface area contributed by atoms with Crippen molar-refractivity contribution in [2.45, 2.75) is 32.4 Å². The van der Waals surface area contributed by atoms with E-state index >= 15 is 0 Å². The van der Waals surface area contributed by atoms with Crippen LogP contribution in [-0.2, 0) is 9.47 Å². The lowest BCUT2D eigenvalue weighted by Crippen LogP contribution is -2.46. The minimum atomic E-state index is -0.0946. The van der Waals surface area contributed by atoms with E-state index in [1.807, 2.05) is 0 Å². The van der Waals surface area contributed by atoms with Crippen molar-refractivity contribution < 1.29 is 9.47 Å². The summed E-state index contributed by atoms with van der Waals surface area (Å²) in [4.78, 5) is 2.33. The number of nitrogens with two attached hydrogens (primary N) is 1. The van der Waals surface area contributed by atoms with E-state index in [9.17, 15) is 0 Å². The molecule has 4 nitrogen and oxygen atoms in total. The molecule has 1 rings (SSSR count). The molecule has 1 saturated heterocycles. The second-order valence-corrected chi connectivity index (χ2v) is 5.10. The molecule has 0 aromatic rings. The van der Waals surface area contributed by atoms with E-state index in [-0.39, 0.29) is 11.6 Å². The summed E-state index contributed by atoms with van der Waals surface area (Å²) >= 11 is 0. The Morgan fingerprint density at radius 1 is 1.33 bits per heavy atom.